The SMILES string of the molecule is COc1cc(CNc2ccccc2F)cc(OC)c1OC. The van der Waals surface area contributed by atoms with Crippen LogP contribution in [0.15, 0.2) is 36.4 Å². The molecule has 2 aromatic carbocycles. The van der Waals surface area contributed by atoms with E-state index in [0.29, 0.717) is 29.5 Å². The molecule has 0 amide bonds. The summed E-state index contributed by atoms with van der Waals surface area (Å²) in [6.07, 6.45) is 0. The van der Waals surface area contributed by atoms with Gasteiger partial charge in [-0.1, -0.05) is 12.1 Å². The maximum absolute atomic E-state index is 13.6. The number of methoxy groups -OCH3 is 3. The minimum absolute atomic E-state index is 0.287. The van der Waals surface area contributed by atoms with Gasteiger partial charge < -0.3 is 19.5 Å². The standard InChI is InChI=1S/C16H18FNO3/c1-19-14-8-11(9-15(20-2)16(14)21-3)10-18-13-7-5-4-6-12(13)17/h4-9,18H,10H2,1-3H3. The van der Waals surface area contributed by atoms with Crippen LogP contribution < -0.4 is 19.5 Å². The monoisotopic (exact) mass is 291 g/mol. The van der Waals surface area contributed by atoms with Crippen molar-refractivity contribution >= 4 is 5.69 Å². The Morgan fingerprint density at radius 3 is 2.10 bits per heavy atom. The highest BCUT2D eigenvalue weighted by Crippen LogP contribution is 2.38. The lowest BCUT2D eigenvalue weighted by molar-refractivity contribution is 0.324. The summed E-state index contributed by atoms with van der Waals surface area (Å²) in [5.74, 6) is 1.39. The third kappa shape index (κ3) is 3.37. The predicted octanol–water partition coefficient (Wildman–Crippen LogP) is 3.46. The number of hydrogen-bond donors (Lipinski definition) is 1. The molecule has 0 spiro atoms. The van der Waals surface area contributed by atoms with Crippen molar-refractivity contribution in [3.8, 4) is 17.2 Å². The van der Waals surface area contributed by atoms with E-state index in [1.165, 1.54) is 6.07 Å². The van der Waals surface area contributed by atoms with Gasteiger partial charge >= 0.3 is 0 Å². The van der Waals surface area contributed by atoms with E-state index in [1.54, 1.807) is 39.5 Å². The number of halogens is 1. The van der Waals surface area contributed by atoms with E-state index < -0.39 is 0 Å². The molecule has 0 saturated heterocycles. The van der Waals surface area contributed by atoms with Gasteiger partial charge in [-0.3, -0.25) is 0 Å². The van der Waals surface area contributed by atoms with Gasteiger partial charge in [0.05, 0.1) is 27.0 Å². The second-order valence-electron chi connectivity index (χ2n) is 4.37. The first-order valence-corrected chi connectivity index (χ1v) is 6.47. The maximum atomic E-state index is 13.6. The third-order valence-electron chi connectivity index (χ3n) is 3.08. The van der Waals surface area contributed by atoms with Gasteiger partial charge in [0.2, 0.25) is 5.75 Å². The van der Waals surface area contributed by atoms with Crippen LogP contribution in [0, 0.1) is 5.82 Å². The van der Waals surface area contributed by atoms with E-state index >= 15 is 0 Å². The van der Waals surface area contributed by atoms with Gasteiger partial charge in [-0.25, -0.2) is 4.39 Å². The van der Waals surface area contributed by atoms with Gasteiger partial charge in [0.25, 0.3) is 0 Å². The highest BCUT2D eigenvalue weighted by molar-refractivity contribution is 5.54. The normalized spacial score (nSPS) is 10.1. The van der Waals surface area contributed by atoms with Gasteiger partial charge in [0, 0.05) is 6.54 Å². The zero-order chi connectivity index (χ0) is 15.2. The summed E-state index contributed by atoms with van der Waals surface area (Å²) >= 11 is 0. The summed E-state index contributed by atoms with van der Waals surface area (Å²) in [5.41, 5.74) is 1.35. The number of anilines is 1. The van der Waals surface area contributed by atoms with E-state index in [2.05, 4.69) is 5.32 Å². The topological polar surface area (TPSA) is 39.7 Å². The van der Waals surface area contributed by atoms with Crippen molar-refractivity contribution in [2.45, 2.75) is 6.54 Å². The first-order valence-electron chi connectivity index (χ1n) is 6.47. The minimum atomic E-state index is -0.287. The Morgan fingerprint density at radius 2 is 1.57 bits per heavy atom. The summed E-state index contributed by atoms with van der Waals surface area (Å²) in [5, 5.41) is 3.04. The van der Waals surface area contributed by atoms with Crippen molar-refractivity contribution in [2.75, 3.05) is 26.6 Å². The van der Waals surface area contributed by atoms with Crippen LogP contribution in [0.2, 0.25) is 0 Å². The summed E-state index contributed by atoms with van der Waals surface area (Å²) in [6, 6.07) is 10.2. The predicted molar refractivity (Wildman–Crippen MR) is 79.8 cm³/mol. The lowest BCUT2D eigenvalue weighted by atomic mass is 10.1. The van der Waals surface area contributed by atoms with Gasteiger partial charge in [-0.2, -0.15) is 0 Å². The fourth-order valence-corrected chi connectivity index (χ4v) is 2.04. The molecule has 0 heterocycles. The number of para-hydroxylation sites is 1. The molecule has 0 fully saturated rings. The van der Waals surface area contributed by atoms with Crippen LogP contribution in [0.1, 0.15) is 5.56 Å². The average Bonchev–Trinajstić information content (AvgIpc) is 2.52. The molecular formula is C16H18FNO3. The van der Waals surface area contributed by atoms with Crippen molar-refractivity contribution < 1.29 is 18.6 Å². The molecule has 0 unspecified atom stereocenters. The molecule has 0 aliphatic heterocycles. The smallest absolute Gasteiger partial charge is 0.203 e. The van der Waals surface area contributed by atoms with Gasteiger partial charge in [-0.15, -0.1) is 0 Å². The van der Waals surface area contributed by atoms with Crippen molar-refractivity contribution in [3.63, 3.8) is 0 Å². The van der Waals surface area contributed by atoms with Crippen molar-refractivity contribution in [3.05, 3.63) is 47.8 Å². The van der Waals surface area contributed by atoms with E-state index in [0.717, 1.165) is 5.56 Å². The number of benzene rings is 2. The van der Waals surface area contributed by atoms with Crippen molar-refractivity contribution in [1.82, 2.24) is 0 Å². The number of hydrogen-bond acceptors (Lipinski definition) is 4. The lowest BCUT2D eigenvalue weighted by Gasteiger charge is -2.15. The van der Waals surface area contributed by atoms with Crippen molar-refractivity contribution in [1.29, 1.82) is 0 Å². The second kappa shape index (κ2) is 6.83. The Balaban J connectivity index is 2.22. The van der Waals surface area contributed by atoms with Gasteiger partial charge in [0.15, 0.2) is 11.5 Å². The average molecular weight is 291 g/mol. The molecule has 21 heavy (non-hydrogen) atoms. The van der Waals surface area contributed by atoms with Crippen LogP contribution in [0.25, 0.3) is 0 Å². The number of rotatable bonds is 6. The summed E-state index contributed by atoms with van der Waals surface area (Å²) < 4.78 is 29.4. The molecule has 112 valence electrons. The molecule has 2 aromatic rings. The zero-order valence-corrected chi connectivity index (χ0v) is 12.3. The molecule has 5 heteroatoms. The molecule has 0 aliphatic carbocycles. The highest BCUT2D eigenvalue weighted by atomic mass is 19.1. The second-order valence-corrected chi connectivity index (χ2v) is 4.37. The van der Waals surface area contributed by atoms with Crippen LogP contribution in [0.5, 0.6) is 17.2 Å². The molecule has 0 atom stereocenters. The molecular weight excluding hydrogens is 273 g/mol. The first-order chi connectivity index (χ1) is 10.2. The van der Waals surface area contributed by atoms with Crippen molar-refractivity contribution in [2.24, 2.45) is 0 Å². The van der Waals surface area contributed by atoms with Gasteiger partial charge in [0.1, 0.15) is 5.82 Å². The van der Waals surface area contributed by atoms with Crippen LogP contribution in [0.4, 0.5) is 10.1 Å². The minimum Gasteiger partial charge on any atom is -0.493 e. The zero-order valence-electron chi connectivity index (χ0n) is 12.3. The number of ether oxygens (including phenoxy) is 3. The molecule has 1 N–H and O–H groups in total. The van der Waals surface area contributed by atoms with Gasteiger partial charge in [-0.05, 0) is 29.8 Å². The Morgan fingerprint density at radius 1 is 0.952 bits per heavy atom. The number of nitrogens with one attached hydrogen (secondary N) is 1. The summed E-state index contributed by atoms with van der Waals surface area (Å²) in [6.45, 7) is 0.442. The summed E-state index contributed by atoms with van der Waals surface area (Å²) in [4.78, 5) is 0. The van der Waals surface area contributed by atoms with Crippen LogP contribution in [-0.2, 0) is 6.54 Å². The molecule has 4 nitrogen and oxygen atoms in total. The van der Waals surface area contributed by atoms with Crippen LogP contribution in [0.3, 0.4) is 0 Å². The Bertz CT molecular complexity index is 591. The van der Waals surface area contributed by atoms with Crippen LogP contribution in [-0.4, -0.2) is 21.3 Å². The summed E-state index contributed by atoms with van der Waals surface area (Å²) in [7, 11) is 4.67. The fraction of sp³-hybridized carbons (Fsp3) is 0.250. The molecule has 2 rings (SSSR count). The Labute approximate surface area is 123 Å². The Kier molecular flexibility index (Phi) is 4.87. The quantitative estimate of drug-likeness (QED) is 0.884. The fourth-order valence-electron chi connectivity index (χ4n) is 2.04. The first kappa shape index (κ1) is 15.0. The van der Waals surface area contributed by atoms with E-state index in [4.69, 9.17) is 14.2 Å². The molecule has 0 radical (unpaired) electrons. The molecule has 0 saturated carbocycles. The Hall–Kier alpha value is -2.43. The maximum Gasteiger partial charge on any atom is 0.203 e. The van der Waals surface area contributed by atoms with E-state index in [1.807, 2.05) is 12.1 Å². The molecule has 0 bridgehead atoms. The molecule has 0 aliphatic rings. The highest BCUT2D eigenvalue weighted by Gasteiger charge is 2.13. The van der Waals surface area contributed by atoms with Crippen LogP contribution >= 0.6 is 0 Å². The third-order valence-corrected chi connectivity index (χ3v) is 3.08. The largest absolute Gasteiger partial charge is 0.493 e. The van der Waals surface area contributed by atoms with E-state index in [-0.39, 0.29) is 5.82 Å². The lowest BCUT2D eigenvalue weighted by Crippen LogP contribution is -2.03. The van der Waals surface area contributed by atoms with E-state index in [9.17, 15) is 4.39 Å². The molecule has 0 aromatic heterocycles.